The van der Waals surface area contributed by atoms with E-state index in [-0.39, 0.29) is 0 Å². The molecule has 0 atom stereocenters. The highest BCUT2D eigenvalue weighted by molar-refractivity contribution is 6.22. The molecule has 0 bridgehead atoms. The van der Waals surface area contributed by atoms with Crippen LogP contribution in [0.5, 0.6) is 0 Å². The zero-order chi connectivity index (χ0) is 40.7. The minimum absolute atomic E-state index is 0.529. The number of hydrogen-bond donors (Lipinski definition) is 0. The van der Waals surface area contributed by atoms with Gasteiger partial charge in [-0.15, -0.1) is 0 Å². The Morgan fingerprint density at radius 1 is 0.274 bits per heavy atom. The van der Waals surface area contributed by atoms with Gasteiger partial charge in [-0.2, -0.15) is 0 Å². The summed E-state index contributed by atoms with van der Waals surface area (Å²) in [5.74, 6) is 1.64. The van der Waals surface area contributed by atoms with Crippen LogP contribution in [-0.4, -0.2) is 15.0 Å². The normalized spacial score (nSPS) is 11.9. The van der Waals surface area contributed by atoms with Crippen molar-refractivity contribution in [3.05, 3.63) is 200 Å². The fourth-order valence-corrected chi connectivity index (χ4v) is 9.23. The number of benzene rings is 10. The van der Waals surface area contributed by atoms with Gasteiger partial charge in [-0.25, -0.2) is 15.0 Å². The van der Waals surface area contributed by atoms with Crippen molar-refractivity contribution in [3.63, 3.8) is 0 Å². The molecule has 0 radical (unpaired) electrons. The summed E-state index contributed by atoms with van der Waals surface area (Å²) >= 11 is 0. The number of rotatable bonds is 5. The third kappa shape index (κ3) is 5.52. The van der Waals surface area contributed by atoms with Crippen LogP contribution in [0, 0.1) is 0 Å². The highest BCUT2D eigenvalue weighted by Crippen LogP contribution is 2.42. The van der Waals surface area contributed by atoms with Crippen LogP contribution in [0.1, 0.15) is 0 Å². The van der Waals surface area contributed by atoms with Gasteiger partial charge in [-0.05, 0) is 97.0 Å². The molecule has 0 aliphatic carbocycles. The molecule has 62 heavy (non-hydrogen) atoms. The molecule has 0 saturated carbocycles. The van der Waals surface area contributed by atoms with Gasteiger partial charge >= 0.3 is 0 Å². The van der Waals surface area contributed by atoms with Crippen LogP contribution >= 0.6 is 0 Å². The van der Waals surface area contributed by atoms with Gasteiger partial charge in [0, 0.05) is 32.7 Å². The third-order valence-electron chi connectivity index (χ3n) is 12.3. The minimum atomic E-state index is 0.529. The molecule has 13 aromatic rings. The largest absolute Gasteiger partial charge is 0.456 e. The smallest absolute Gasteiger partial charge is 0.167 e. The standard InChI is InChI=1S/C57H33N3O2/c1-3-12-38-30-40(26-22-34(38)10-1)36-20-24-37(25-21-36)55-58-56(60-57(59-55)48-32-43-14-5-6-15-44(43)53-45-16-7-8-18-49(45)62-54(48)53)47-17-9-19-50-52(47)46-29-28-42(33-51(46)61-50)41-27-23-35-11-2-4-13-39(35)31-41/h1-33H. The second kappa shape index (κ2) is 13.6. The molecule has 5 heteroatoms. The van der Waals surface area contributed by atoms with Gasteiger partial charge < -0.3 is 8.83 Å². The topological polar surface area (TPSA) is 65.0 Å². The quantitative estimate of drug-likeness (QED) is 0.174. The number of nitrogens with zero attached hydrogens (tertiary/aromatic N) is 3. The Balaban J connectivity index is 1.01. The molecule has 0 N–H and O–H groups in total. The predicted octanol–water partition coefficient (Wildman–Crippen LogP) is 15.5. The SMILES string of the molecule is c1ccc2cc(-c3ccc(-c4nc(-c5cc6ccccc6c6c5oc5ccccc56)nc(-c5cccc6oc7cc(-c8ccc9ccccc9c8)ccc7c56)n4)cc3)ccc2c1. The van der Waals surface area contributed by atoms with Crippen molar-refractivity contribution < 1.29 is 8.83 Å². The highest BCUT2D eigenvalue weighted by Gasteiger charge is 2.22. The van der Waals surface area contributed by atoms with E-state index in [0.29, 0.717) is 17.5 Å². The Morgan fingerprint density at radius 3 is 1.56 bits per heavy atom. The van der Waals surface area contributed by atoms with Crippen molar-refractivity contribution in [1.82, 2.24) is 15.0 Å². The van der Waals surface area contributed by atoms with Crippen LogP contribution < -0.4 is 0 Å². The number of fused-ring (bicyclic) bond motifs is 10. The molecule has 0 aliphatic rings. The minimum Gasteiger partial charge on any atom is -0.456 e. The molecule has 0 saturated heterocycles. The van der Waals surface area contributed by atoms with E-state index in [1.54, 1.807) is 0 Å². The first kappa shape index (κ1) is 34.5. The average molecular weight is 792 g/mol. The average Bonchev–Trinajstić information content (AvgIpc) is 3.92. The molecule has 5 nitrogen and oxygen atoms in total. The van der Waals surface area contributed by atoms with Crippen molar-refractivity contribution in [2.24, 2.45) is 0 Å². The second-order valence-corrected chi connectivity index (χ2v) is 15.9. The fourth-order valence-electron chi connectivity index (χ4n) is 9.23. The number of furan rings is 2. The summed E-state index contributed by atoms with van der Waals surface area (Å²) in [7, 11) is 0. The Labute approximate surface area is 355 Å². The number of hydrogen-bond acceptors (Lipinski definition) is 5. The number of aromatic nitrogens is 3. The summed E-state index contributed by atoms with van der Waals surface area (Å²) < 4.78 is 13.3. The molecular formula is C57H33N3O2. The maximum absolute atomic E-state index is 6.70. The first-order valence-corrected chi connectivity index (χ1v) is 20.8. The molecule has 3 heterocycles. The van der Waals surface area contributed by atoms with E-state index in [9.17, 15) is 0 Å². The zero-order valence-electron chi connectivity index (χ0n) is 33.2. The van der Waals surface area contributed by atoms with Crippen LogP contribution in [0.15, 0.2) is 209 Å². The van der Waals surface area contributed by atoms with Crippen molar-refractivity contribution in [3.8, 4) is 56.4 Å². The van der Waals surface area contributed by atoms with Crippen LogP contribution in [-0.2, 0) is 0 Å². The summed E-state index contributed by atoms with van der Waals surface area (Å²) in [6, 6.07) is 69.9. The Bertz CT molecular complexity index is 3940. The van der Waals surface area contributed by atoms with E-state index in [1.165, 1.54) is 21.5 Å². The molecular weight excluding hydrogens is 759 g/mol. The van der Waals surface area contributed by atoms with Gasteiger partial charge in [0.1, 0.15) is 22.3 Å². The molecule has 0 fully saturated rings. The summed E-state index contributed by atoms with van der Waals surface area (Å²) in [5, 5.41) is 11.1. The Kier molecular flexibility index (Phi) is 7.54. The van der Waals surface area contributed by atoms with Gasteiger partial charge in [0.05, 0.1) is 5.56 Å². The van der Waals surface area contributed by atoms with Gasteiger partial charge in [0.2, 0.25) is 0 Å². The van der Waals surface area contributed by atoms with E-state index < -0.39 is 0 Å². The van der Waals surface area contributed by atoms with Crippen LogP contribution in [0.25, 0.3) is 133 Å². The second-order valence-electron chi connectivity index (χ2n) is 15.9. The molecule has 0 spiro atoms. The van der Waals surface area contributed by atoms with Crippen molar-refractivity contribution >= 4 is 76.2 Å². The van der Waals surface area contributed by atoms with Crippen molar-refractivity contribution in [1.29, 1.82) is 0 Å². The van der Waals surface area contributed by atoms with Crippen molar-refractivity contribution in [2.75, 3.05) is 0 Å². The van der Waals surface area contributed by atoms with E-state index in [0.717, 1.165) is 93.6 Å². The van der Waals surface area contributed by atoms with Gasteiger partial charge in [-0.3, -0.25) is 0 Å². The molecule has 3 aromatic heterocycles. The molecule has 13 rings (SSSR count). The van der Waals surface area contributed by atoms with Gasteiger partial charge in [0.25, 0.3) is 0 Å². The third-order valence-corrected chi connectivity index (χ3v) is 12.3. The summed E-state index contributed by atoms with van der Waals surface area (Å²) in [4.78, 5) is 15.9. The predicted molar refractivity (Wildman–Crippen MR) is 254 cm³/mol. The van der Waals surface area contributed by atoms with Crippen LogP contribution in [0.4, 0.5) is 0 Å². The lowest BCUT2D eigenvalue weighted by Gasteiger charge is -2.11. The maximum Gasteiger partial charge on any atom is 0.167 e. The first-order valence-electron chi connectivity index (χ1n) is 20.8. The van der Waals surface area contributed by atoms with E-state index >= 15 is 0 Å². The molecule has 0 aliphatic heterocycles. The maximum atomic E-state index is 6.70. The summed E-state index contributed by atoms with van der Waals surface area (Å²) in [6.45, 7) is 0. The lowest BCUT2D eigenvalue weighted by Crippen LogP contribution is -2.01. The molecule has 288 valence electrons. The van der Waals surface area contributed by atoms with Crippen molar-refractivity contribution in [2.45, 2.75) is 0 Å². The van der Waals surface area contributed by atoms with E-state index in [2.05, 4.69) is 176 Å². The number of para-hydroxylation sites is 1. The molecule has 0 amide bonds. The highest BCUT2D eigenvalue weighted by atomic mass is 16.3. The van der Waals surface area contributed by atoms with Gasteiger partial charge in [-0.1, -0.05) is 158 Å². The lowest BCUT2D eigenvalue weighted by atomic mass is 9.99. The van der Waals surface area contributed by atoms with E-state index in [1.807, 2.05) is 24.3 Å². The summed E-state index contributed by atoms with van der Waals surface area (Å²) in [5.41, 5.74) is 10.2. The monoisotopic (exact) mass is 791 g/mol. The zero-order valence-corrected chi connectivity index (χ0v) is 33.2. The van der Waals surface area contributed by atoms with Crippen LogP contribution in [0.3, 0.4) is 0 Å². The first-order chi connectivity index (χ1) is 30.7. The Morgan fingerprint density at radius 2 is 0.806 bits per heavy atom. The van der Waals surface area contributed by atoms with Gasteiger partial charge in [0.15, 0.2) is 17.5 Å². The molecule has 0 unspecified atom stereocenters. The molecule has 10 aromatic carbocycles. The summed E-state index contributed by atoms with van der Waals surface area (Å²) in [6.07, 6.45) is 0. The van der Waals surface area contributed by atoms with E-state index in [4.69, 9.17) is 23.8 Å². The lowest BCUT2D eigenvalue weighted by molar-refractivity contribution is 0.669. The Hall–Kier alpha value is -8.41. The van der Waals surface area contributed by atoms with Crippen LogP contribution in [0.2, 0.25) is 0 Å². The fraction of sp³-hybridized carbons (Fsp3) is 0.